The second-order valence-corrected chi connectivity index (χ2v) is 5.13. The zero-order chi connectivity index (χ0) is 13.3. The van der Waals surface area contributed by atoms with Crippen molar-refractivity contribution in [2.45, 2.75) is 0 Å². The molecule has 0 aliphatic carbocycles. The molecule has 0 spiro atoms. The van der Waals surface area contributed by atoms with Crippen molar-refractivity contribution in [3.63, 3.8) is 0 Å². The van der Waals surface area contributed by atoms with Crippen molar-refractivity contribution in [2.24, 2.45) is 0 Å². The van der Waals surface area contributed by atoms with Gasteiger partial charge in [-0.05, 0) is 12.1 Å². The van der Waals surface area contributed by atoms with Crippen molar-refractivity contribution in [3.05, 3.63) is 42.6 Å². The minimum atomic E-state index is -0.785. The van der Waals surface area contributed by atoms with Gasteiger partial charge in [-0.1, -0.05) is 0 Å². The smallest absolute Gasteiger partial charge is 0.297 e. The highest BCUT2D eigenvalue weighted by atomic mass is 32.1. The highest BCUT2D eigenvalue weighted by molar-refractivity contribution is 7.22. The minimum absolute atomic E-state index is 0.199. The van der Waals surface area contributed by atoms with Gasteiger partial charge in [0.2, 0.25) is 0 Å². The van der Waals surface area contributed by atoms with Crippen LogP contribution in [-0.2, 0) is 0 Å². The molecule has 0 amide bonds. The third-order valence-corrected chi connectivity index (χ3v) is 4.24. The number of hydrogen-bond acceptors (Lipinski definition) is 7. The molecule has 0 unspecified atom stereocenters. The average Bonchev–Trinajstić information content (AvgIpc) is 2.94. The summed E-state index contributed by atoms with van der Waals surface area (Å²) in [6, 6.07) is 3.05. The summed E-state index contributed by atoms with van der Waals surface area (Å²) in [7, 11) is 0. The third kappa shape index (κ3) is 2.00. The van der Waals surface area contributed by atoms with Gasteiger partial charge < -0.3 is 0 Å². The van der Waals surface area contributed by atoms with Crippen molar-refractivity contribution in [3.8, 4) is 9.75 Å². The average molecular weight is 284 g/mol. The minimum Gasteiger partial charge on any atom is -0.297 e. The number of rotatable bonds is 4. The number of nitrogens with zero attached hydrogens (tertiary/aromatic N) is 2. The predicted molar refractivity (Wildman–Crippen MR) is 66.3 cm³/mol. The number of hydrogen-bond donors (Lipinski definition) is 0. The Balaban J connectivity index is 2.60. The lowest BCUT2D eigenvalue weighted by molar-refractivity contribution is -0.421. The fourth-order valence-corrected chi connectivity index (χ4v) is 3.30. The molecule has 18 heavy (non-hydrogen) atoms. The van der Waals surface area contributed by atoms with Gasteiger partial charge in [-0.2, -0.15) is 0 Å². The van der Waals surface area contributed by atoms with Gasteiger partial charge in [0.05, 0.1) is 25.0 Å². The quantitative estimate of drug-likeness (QED) is 0.487. The van der Waals surface area contributed by atoms with Crippen LogP contribution in [0.5, 0.6) is 0 Å². The molecule has 0 fully saturated rings. The van der Waals surface area contributed by atoms with Gasteiger partial charge in [-0.3, -0.25) is 25.0 Å². The monoisotopic (exact) mass is 284 g/mol. The van der Waals surface area contributed by atoms with Crippen LogP contribution < -0.4 is 0 Å². The molecule has 0 bridgehead atoms. The molecule has 0 saturated heterocycles. The van der Waals surface area contributed by atoms with Gasteiger partial charge in [0.1, 0.15) is 4.88 Å². The first-order chi connectivity index (χ1) is 8.54. The van der Waals surface area contributed by atoms with Gasteiger partial charge in [-0.25, -0.2) is 0 Å². The summed E-state index contributed by atoms with van der Waals surface area (Å²) in [4.78, 5) is 31.7. The molecule has 0 aromatic carbocycles. The number of carbonyl (C=O) groups excluding carboxylic acids is 1. The highest BCUT2D eigenvalue weighted by Gasteiger charge is 2.32. The first-order valence-electron chi connectivity index (χ1n) is 4.50. The van der Waals surface area contributed by atoms with Crippen LogP contribution in [0, 0.1) is 20.2 Å². The molecule has 0 saturated carbocycles. The Kier molecular flexibility index (Phi) is 3.17. The maximum atomic E-state index is 10.9. The van der Waals surface area contributed by atoms with Gasteiger partial charge in [0.15, 0.2) is 6.29 Å². The van der Waals surface area contributed by atoms with Crippen LogP contribution in [0.3, 0.4) is 0 Å². The molecule has 0 N–H and O–H groups in total. The Hall–Kier alpha value is -2.13. The summed E-state index contributed by atoms with van der Waals surface area (Å²) in [5.41, 5.74) is -1.05. The zero-order valence-electron chi connectivity index (χ0n) is 8.56. The number of aldehydes is 1. The first kappa shape index (κ1) is 12.3. The van der Waals surface area contributed by atoms with E-state index in [-0.39, 0.29) is 4.88 Å². The number of thiophene rings is 2. The summed E-state index contributed by atoms with van der Waals surface area (Å²) in [5, 5.41) is 22.7. The van der Waals surface area contributed by atoms with E-state index in [1.54, 1.807) is 0 Å². The van der Waals surface area contributed by atoms with E-state index in [0.717, 1.165) is 28.1 Å². The molecule has 0 atom stereocenters. The van der Waals surface area contributed by atoms with E-state index in [2.05, 4.69) is 0 Å². The molecule has 2 heterocycles. The molecule has 2 rings (SSSR count). The molecule has 0 radical (unpaired) electrons. The van der Waals surface area contributed by atoms with E-state index in [0.29, 0.717) is 16.0 Å². The molecule has 0 aliphatic rings. The summed E-state index contributed by atoms with van der Waals surface area (Å²) in [5.74, 6) is 0. The van der Waals surface area contributed by atoms with Crippen LogP contribution in [0.4, 0.5) is 11.4 Å². The predicted octanol–water partition coefficient (Wildman–Crippen LogP) is 3.11. The van der Waals surface area contributed by atoms with Gasteiger partial charge >= 0.3 is 11.4 Å². The van der Waals surface area contributed by atoms with Gasteiger partial charge in [-0.15, -0.1) is 22.7 Å². The first-order valence-corrected chi connectivity index (χ1v) is 6.20. The summed E-state index contributed by atoms with van der Waals surface area (Å²) >= 11 is 1.98. The Morgan fingerprint density at radius 2 is 1.89 bits per heavy atom. The molecule has 9 heteroatoms. The molecule has 2 aromatic rings. The summed E-state index contributed by atoms with van der Waals surface area (Å²) in [6.45, 7) is 0. The van der Waals surface area contributed by atoms with E-state index in [1.165, 1.54) is 12.1 Å². The van der Waals surface area contributed by atoms with Crippen LogP contribution in [0.25, 0.3) is 9.75 Å². The lowest BCUT2D eigenvalue weighted by atomic mass is 10.3. The van der Waals surface area contributed by atoms with Crippen molar-refractivity contribution >= 4 is 40.3 Å². The highest BCUT2D eigenvalue weighted by Crippen LogP contribution is 2.45. The van der Waals surface area contributed by atoms with Gasteiger partial charge in [0.25, 0.3) is 0 Å². The fourth-order valence-electron chi connectivity index (χ4n) is 1.36. The van der Waals surface area contributed by atoms with Crippen molar-refractivity contribution in [1.29, 1.82) is 0 Å². The fraction of sp³-hybridized carbons (Fsp3) is 0. The van der Waals surface area contributed by atoms with Gasteiger partial charge in [0, 0.05) is 0 Å². The lowest BCUT2D eigenvalue weighted by Crippen LogP contribution is -1.93. The maximum Gasteiger partial charge on any atom is 0.365 e. The van der Waals surface area contributed by atoms with Crippen LogP contribution in [0.2, 0.25) is 0 Å². The van der Waals surface area contributed by atoms with Crippen LogP contribution in [0.15, 0.2) is 17.5 Å². The van der Waals surface area contributed by atoms with E-state index >= 15 is 0 Å². The van der Waals surface area contributed by atoms with E-state index < -0.39 is 21.2 Å². The molecular formula is C9H4N2O5S2. The third-order valence-electron chi connectivity index (χ3n) is 2.09. The Morgan fingerprint density at radius 3 is 2.39 bits per heavy atom. The second kappa shape index (κ2) is 4.63. The lowest BCUT2D eigenvalue weighted by Gasteiger charge is -1.92. The van der Waals surface area contributed by atoms with E-state index in [1.807, 2.05) is 0 Å². The zero-order valence-corrected chi connectivity index (χ0v) is 10.2. The van der Waals surface area contributed by atoms with Crippen molar-refractivity contribution in [2.75, 3.05) is 0 Å². The van der Waals surface area contributed by atoms with E-state index in [4.69, 9.17) is 0 Å². The van der Waals surface area contributed by atoms with Crippen LogP contribution in [-0.4, -0.2) is 16.1 Å². The van der Waals surface area contributed by atoms with Crippen molar-refractivity contribution in [1.82, 2.24) is 0 Å². The van der Waals surface area contributed by atoms with Crippen molar-refractivity contribution < 1.29 is 14.6 Å². The second-order valence-electron chi connectivity index (χ2n) is 3.13. The Labute approximate surface area is 108 Å². The molecule has 0 aliphatic heterocycles. The Morgan fingerprint density at radius 1 is 1.17 bits per heavy atom. The largest absolute Gasteiger partial charge is 0.365 e. The normalized spacial score (nSPS) is 10.2. The van der Waals surface area contributed by atoms with Crippen LogP contribution in [0.1, 0.15) is 9.67 Å². The molecule has 92 valence electrons. The number of nitro groups is 2. The topological polar surface area (TPSA) is 103 Å². The summed E-state index contributed by atoms with van der Waals surface area (Å²) < 4.78 is 0. The Bertz CT molecular complexity index is 645. The van der Waals surface area contributed by atoms with E-state index in [9.17, 15) is 25.0 Å². The molecule has 7 nitrogen and oxygen atoms in total. The van der Waals surface area contributed by atoms with Crippen LogP contribution >= 0.6 is 22.7 Å². The summed E-state index contributed by atoms with van der Waals surface area (Å²) in [6.07, 6.45) is 0.627. The SMILES string of the molecule is O=Cc1ccc(-c2scc([N+](=O)[O-])c2[N+](=O)[O-])s1. The standard InChI is InChI=1S/C9H4N2O5S2/c12-3-5-1-2-7(18-5)9-8(11(15)16)6(4-17-9)10(13)14/h1-4H. The maximum absolute atomic E-state index is 10.9. The molecule has 2 aromatic heterocycles. The number of carbonyl (C=O) groups is 1. The molecular weight excluding hydrogens is 280 g/mol.